The van der Waals surface area contributed by atoms with Crippen molar-refractivity contribution in [2.24, 2.45) is 0 Å². The molecule has 0 bridgehead atoms. The van der Waals surface area contributed by atoms with E-state index in [2.05, 4.69) is 6.92 Å². The first-order chi connectivity index (χ1) is 17.8. The lowest BCUT2D eigenvalue weighted by Gasteiger charge is -2.19. The average Bonchev–Trinajstić information content (AvgIpc) is 2.89. The van der Waals surface area contributed by atoms with E-state index in [1.54, 1.807) is 24.3 Å². The Morgan fingerprint density at radius 2 is 1.49 bits per heavy atom. The minimum atomic E-state index is -4.64. The second kappa shape index (κ2) is 16.4. The van der Waals surface area contributed by atoms with E-state index in [1.807, 2.05) is 19.1 Å². The first-order valence-corrected chi connectivity index (χ1v) is 14.9. The molecule has 1 unspecified atom stereocenters. The molecule has 7 nitrogen and oxygen atoms in total. The molecule has 0 spiro atoms. The van der Waals surface area contributed by atoms with Gasteiger partial charge in [0.1, 0.15) is 17.3 Å². The summed E-state index contributed by atoms with van der Waals surface area (Å²) < 4.78 is 45.7. The van der Waals surface area contributed by atoms with Crippen LogP contribution in [0.15, 0.2) is 47.4 Å². The van der Waals surface area contributed by atoms with E-state index in [9.17, 15) is 22.9 Å². The van der Waals surface area contributed by atoms with Crippen LogP contribution in [0, 0.1) is 0 Å². The lowest BCUT2D eigenvalue weighted by atomic mass is 9.98. The fourth-order valence-electron chi connectivity index (χ4n) is 4.33. The van der Waals surface area contributed by atoms with E-state index in [0.717, 1.165) is 24.8 Å². The Morgan fingerprint density at radius 1 is 0.865 bits per heavy atom. The van der Waals surface area contributed by atoms with Gasteiger partial charge in [0.2, 0.25) is 0 Å². The zero-order valence-electron chi connectivity index (χ0n) is 22.2. The number of hydrogen-bond acceptors (Lipinski definition) is 6. The first-order valence-electron chi connectivity index (χ1n) is 13.4. The predicted octanol–water partition coefficient (Wildman–Crippen LogP) is 6.37. The maximum Gasteiger partial charge on any atom is 0.306 e. The van der Waals surface area contributed by atoms with E-state index in [1.165, 1.54) is 44.6 Å². The number of ether oxygens (including phenoxy) is 2. The molecular formula is C29H42O7S. The van der Waals surface area contributed by atoms with Crippen LogP contribution in [-0.4, -0.2) is 43.4 Å². The number of aliphatic hydroxyl groups excluding tert-OH is 1. The predicted molar refractivity (Wildman–Crippen MR) is 145 cm³/mol. The van der Waals surface area contributed by atoms with Crippen LogP contribution in [0.3, 0.4) is 0 Å². The molecule has 2 aromatic rings. The van der Waals surface area contributed by atoms with Crippen LogP contribution >= 0.6 is 0 Å². The lowest BCUT2D eigenvalue weighted by Crippen LogP contribution is -2.28. The first kappa shape index (κ1) is 30.8. The molecule has 2 rings (SSSR count). The molecule has 37 heavy (non-hydrogen) atoms. The van der Waals surface area contributed by atoms with Crippen molar-refractivity contribution >= 4 is 16.1 Å². The molecule has 0 heterocycles. The van der Waals surface area contributed by atoms with Crippen LogP contribution in [0.25, 0.3) is 11.1 Å². The highest BCUT2D eigenvalue weighted by Crippen LogP contribution is 2.36. The Labute approximate surface area is 222 Å². The Bertz CT molecular complexity index is 1070. The molecule has 1 atom stereocenters. The van der Waals surface area contributed by atoms with Gasteiger partial charge in [-0.05, 0) is 30.0 Å². The summed E-state index contributed by atoms with van der Waals surface area (Å²) in [4.78, 5) is 11.9. The highest BCUT2D eigenvalue weighted by molar-refractivity contribution is 7.86. The van der Waals surface area contributed by atoms with Crippen molar-refractivity contribution in [1.29, 1.82) is 0 Å². The number of esters is 1. The standard InChI is InChI=1S/C29H42O7S/c1-3-5-6-7-8-9-10-11-12-20-28(31)36-24(21-30)22-35-27-19-15-18-26(29(27)37(32,33)34)25-17-14-13-16-23(25)4-2/h13-19,24,30H,3-12,20-22H2,1-2H3,(H,32,33,34). The molecular weight excluding hydrogens is 492 g/mol. The van der Waals surface area contributed by atoms with Crippen LogP contribution in [0.1, 0.15) is 83.6 Å². The van der Waals surface area contributed by atoms with E-state index < -0.39 is 28.8 Å². The molecule has 0 aliphatic rings. The smallest absolute Gasteiger partial charge is 0.306 e. The van der Waals surface area contributed by atoms with Crippen molar-refractivity contribution in [3.8, 4) is 16.9 Å². The van der Waals surface area contributed by atoms with Crippen molar-refractivity contribution in [3.63, 3.8) is 0 Å². The summed E-state index contributed by atoms with van der Waals surface area (Å²) in [6.45, 7) is 3.44. The summed E-state index contributed by atoms with van der Waals surface area (Å²) in [5.74, 6) is -0.495. The van der Waals surface area contributed by atoms with Crippen molar-refractivity contribution in [3.05, 3.63) is 48.0 Å². The maximum atomic E-state index is 12.3. The lowest BCUT2D eigenvalue weighted by molar-refractivity contribution is -0.153. The molecule has 0 saturated carbocycles. The van der Waals surface area contributed by atoms with E-state index in [-0.39, 0.29) is 23.7 Å². The number of unbranched alkanes of at least 4 members (excludes halogenated alkanes) is 8. The van der Waals surface area contributed by atoms with Gasteiger partial charge in [-0.25, -0.2) is 0 Å². The van der Waals surface area contributed by atoms with Crippen LogP contribution in [0.4, 0.5) is 0 Å². The monoisotopic (exact) mass is 534 g/mol. The van der Waals surface area contributed by atoms with Crippen molar-refractivity contribution in [2.75, 3.05) is 13.2 Å². The number of carbonyl (C=O) groups excluding carboxylic acids is 1. The van der Waals surface area contributed by atoms with Crippen LogP contribution in [-0.2, 0) is 26.1 Å². The molecule has 2 aromatic carbocycles. The van der Waals surface area contributed by atoms with Gasteiger partial charge in [0.05, 0.1) is 6.61 Å². The van der Waals surface area contributed by atoms with Crippen LogP contribution in [0.5, 0.6) is 5.75 Å². The zero-order chi connectivity index (χ0) is 27.1. The maximum absolute atomic E-state index is 12.3. The number of benzene rings is 2. The number of carbonyl (C=O) groups is 1. The van der Waals surface area contributed by atoms with Crippen LogP contribution in [0.2, 0.25) is 0 Å². The van der Waals surface area contributed by atoms with E-state index >= 15 is 0 Å². The van der Waals surface area contributed by atoms with Gasteiger partial charge >= 0.3 is 5.97 Å². The minimum Gasteiger partial charge on any atom is -0.488 e. The topological polar surface area (TPSA) is 110 Å². The fourth-order valence-corrected chi connectivity index (χ4v) is 5.17. The highest BCUT2D eigenvalue weighted by Gasteiger charge is 2.25. The van der Waals surface area contributed by atoms with Gasteiger partial charge in [0.25, 0.3) is 10.1 Å². The summed E-state index contributed by atoms with van der Waals surface area (Å²) in [5, 5.41) is 9.69. The molecule has 0 fully saturated rings. The van der Waals surface area contributed by atoms with Crippen molar-refractivity contribution in [1.82, 2.24) is 0 Å². The zero-order valence-corrected chi connectivity index (χ0v) is 23.0. The normalized spacial score (nSPS) is 12.3. The summed E-state index contributed by atoms with van der Waals surface area (Å²) >= 11 is 0. The number of rotatable bonds is 18. The molecule has 0 radical (unpaired) electrons. The molecule has 0 aliphatic carbocycles. The Kier molecular flexibility index (Phi) is 13.7. The van der Waals surface area contributed by atoms with Crippen molar-refractivity contribution in [2.45, 2.75) is 95.5 Å². The Morgan fingerprint density at radius 3 is 2.11 bits per heavy atom. The van der Waals surface area contributed by atoms with Gasteiger partial charge in [-0.1, -0.05) is 102 Å². The molecule has 0 amide bonds. The molecule has 2 N–H and O–H groups in total. The third-order valence-corrected chi connectivity index (χ3v) is 7.27. The number of aliphatic hydroxyl groups is 1. The second-order valence-corrected chi connectivity index (χ2v) is 10.7. The summed E-state index contributed by atoms with van der Waals surface area (Å²) in [5.41, 5.74) is 1.91. The number of aryl methyl sites for hydroxylation is 1. The third kappa shape index (κ3) is 10.5. The van der Waals surface area contributed by atoms with Gasteiger partial charge in [-0.3, -0.25) is 9.35 Å². The van der Waals surface area contributed by atoms with Gasteiger partial charge in [0, 0.05) is 12.0 Å². The Balaban J connectivity index is 1.95. The van der Waals surface area contributed by atoms with Gasteiger partial charge in [0.15, 0.2) is 6.10 Å². The summed E-state index contributed by atoms with van der Waals surface area (Å²) in [6, 6.07) is 12.0. The highest BCUT2D eigenvalue weighted by atomic mass is 32.2. The van der Waals surface area contributed by atoms with E-state index in [4.69, 9.17) is 9.47 Å². The molecule has 8 heteroatoms. The quantitative estimate of drug-likeness (QED) is 0.130. The van der Waals surface area contributed by atoms with E-state index in [0.29, 0.717) is 17.5 Å². The summed E-state index contributed by atoms with van der Waals surface area (Å²) in [7, 11) is -4.64. The molecule has 206 valence electrons. The molecule has 0 saturated heterocycles. The van der Waals surface area contributed by atoms with Gasteiger partial charge < -0.3 is 14.6 Å². The largest absolute Gasteiger partial charge is 0.488 e. The Hall–Kier alpha value is -2.42. The second-order valence-electron chi connectivity index (χ2n) is 9.30. The average molecular weight is 535 g/mol. The molecule has 0 aromatic heterocycles. The number of hydrogen-bond donors (Lipinski definition) is 2. The SMILES string of the molecule is CCCCCCCCCCCC(=O)OC(CO)COc1cccc(-c2ccccc2CC)c1S(=O)(=O)O. The van der Waals surface area contributed by atoms with Gasteiger partial charge in [-0.2, -0.15) is 8.42 Å². The minimum absolute atomic E-state index is 0.0701. The van der Waals surface area contributed by atoms with Crippen molar-refractivity contribution < 1.29 is 32.3 Å². The summed E-state index contributed by atoms with van der Waals surface area (Å²) in [6.07, 6.45) is 10.2. The van der Waals surface area contributed by atoms with Gasteiger partial charge in [-0.15, -0.1) is 0 Å². The third-order valence-electron chi connectivity index (χ3n) is 6.34. The fraction of sp³-hybridized carbons (Fsp3) is 0.552. The molecule has 0 aliphatic heterocycles. The van der Waals surface area contributed by atoms with Crippen LogP contribution < -0.4 is 4.74 Å².